The number of carbonyl (C=O) groups is 1. The van der Waals surface area contributed by atoms with Gasteiger partial charge in [0, 0.05) is 24.1 Å². The lowest BCUT2D eigenvalue weighted by molar-refractivity contribution is -0.144. The summed E-state index contributed by atoms with van der Waals surface area (Å²) in [7, 11) is 2.76. The molecule has 0 aliphatic carbocycles. The number of hydrogen-bond donors (Lipinski definition) is 0. The number of esters is 1. The van der Waals surface area contributed by atoms with Crippen LogP contribution in [0.25, 0.3) is 22.6 Å². The minimum absolute atomic E-state index is 0.245. The van der Waals surface area contributed by atoms with E-state index in [4.69, 9.17) is 4.74 Å². The third-order valence-electron chi connectivity index (χ3n) is 5.66. The maximum Gasteiger partial charge on any atom is 0.333 e. The largest absolute Gasteiger partial charge is 0.467 e. The van der Waals surface area contributed by atoms with E-state index in [1.165, 1.54) is 25.6 Å². The number of aromatic nitrogens is 5. The van der Waals surface area contributed by atoms with E-state index in [-0.39, 0.29) is 11.2 Å². The molecule has 0 bridgehead atoms. The first-order chi connectivity index (χ1) is 14.2. The molecule has 0 saturated heterocycles. The fourth-order valence-electron chi connectivity index (χ4n) is 3.91. The molecule has 4 aromatic rings. The Balaban J connectivity index is 2.17. The summed E-state index contributed by atoms with van der Waals surface area (Å²) in [6, 6.07) is 6.90. The molecule has 9 nitrogen and oxygen atoms in total. The number of imidazole rings is 2. The van der Waals surface area contributed by atoms with Gasteiger partial charge in [0.05, 0.1) is 7.11 Å². The fraction of sp³-hybridized carbons (Fsp3) is 0.333. The highest BCUT2D eigenvalue weighted by Gasteiger charge is 2.27. The zero-order chi connectivity index (χ0) is 21.9. The predicted octanol–water partition coefficient (Wildman–Crippen LogP) is 1.80. The van der Waals surface area contributed by atoms with Gasteiger partial charge in [-0.3, -0.25) is 18.3 Å². The van der Waals surface area contributed by atoms with E-state index in [0.717, 1.165) is 27.2 Å². The summed E-state index contributed by atoms with van der Waals surface area (Å²) in [6.07, 6.45) is 0. The smallest absolute Gasteiger partial charge is 0.333 e. The van der Waals surface area contributed by atoms with Gasteiger partial charge in [0.25, 0.3) is 5.56 Å². The van der Waals surface area contributed by atoms with Gasteiger partial charge in [-0.2, -0.15) is 4.98 Å². The van der Waals surface area contributed by atoms with Gasteiger partial charge in [-0.15, -0.1) is 0 Å². The van der Waals surface area contributed by atoms with Crippen molar-refractivity contribution >= 4 is 22.9 Å². The highest BCUT2D eigenvalue weighted by atomic mass is 16.5. The molecule has 3 heterocycles. The van der Waals surface area contributed by atoms with Crippen molar-refractivity contribution in [1.82, 2.24) is 23.1 Å². The number of fused-ring (bicyclic) bond motifs is 3. The highest BCUT2D eigenvalue weighted by Crippen LogP contribution is 2.25. The average molecular weight is 409 g/mol. The van der Waals surface area contributed by atoms with Crippen LogP contribution in [-0.2, 0) is 16.6 Å². The van der Waals surface area contributed by atoms with Gasteiger partial charge in [-0.1, -0.05) is 12.1 Å². The first kappa shape index (κ1) is 19.7. The highest BCUT2D eigenvalue weighted by molar-refractivity contribution is 5.78. The molecular weight excluding hydrogens is 386 g/mol. The molecular formula is C21H23N5O4. The van der Waals surface area contributed by atoms with Gasteiger partial charge in [-0.05, 0) is 45.4 Å². The van der Waals surface area contributed by atoms with Crippen LogP contribution in [0.2, 0.25) is 0 Å². The van der Waals surface area contributed by atoms with Crippen LogP contribution in [0.3, 0.4) is 0 Å². The minimum Gasteiger partial charge on any atom is -0.467 e. The molecule has 30 heavy (non-hydrogen) atoms. The summed E-state index contributed by atoms with van der Waals surface area (Å²) in [5, 5.41) is 0. The summed E-state index contributed by atoms with van der Waals surface area (Å²) in [4.78, 5) is 43.0. The Morgan fingerprint density at radius 2 is 1.83 bits per heavy atom. The van der Waals surface area contributed by atoms with Crippen LogP contribution in [0.4, 0.5) is 0 Å². The monoisotopic (exact) mass is 409 g/mol. The molecule has 0 radical (unpaired) electrons. The molecule has 0 fully saturated rings. The Kier molecular flexibility index (Phi) is 4.41. The molecule has 0 aliphatic rings. The number of benzene rings is 1. The van der Waals surface area contributed by atoms with Gasteiger partial charge < -0.3 is 4.74 Å². The summed E-state index contributed by atoms with van der Waals surface area (Å²) in [5.74, 6) is -0.138. The summed E-state index contributed by atoms with van der Waals surface area (Å²) in [5.41, 5.74) is 3.05. The molecule has 4 rings (SSSR count). The number of ether oxygens (including phenoxy) is 1. The fourth-order valence-corrected chi connectivity index (χ4v) is 3.91. The van der Waals surface area contributed by atoms with E-state index in [1.54, 1.807) is 4.40 Å². The van der Waals surface area contributed by atoms with E-state index < -0.39 is 23.3 Å². The molecule has 0 spiro atoms. The van der Waals surface area contributed by atoms with Crippen molar-refractivity contribution in [3.63, 3.8) is 0 Å². The van der Waals surface area contributed by atoms with Crippen molar-refractivity contribution in [2.24, 2.45) is 7.05 Å². The Labute approximate surface area is 171 Å². The van der Waals surface area contributed by atoms with Crippen LogP contribution < -0.4 is 11.2 Å². The van der Waals surface area contributed by atoms with Gasteiger partial charge in [0.15, 0.2) is 11.2 Å². The Bertz CT molecular complexity index is 1450. The molecule has 3 aromatic heterocycles. The van der Waals surface area contributed by atoms with E-state index in [1.807, 2.05) is 49.6 Å². The molecule has 156 valence electrons. The molecule has 9 heteroatoms. The summed E-state index contributed by atoms with van der Waals surface area (Å²) < 4.78 is 10.7. The van der Waals surface area contributed by atoms with Gasteiger partial charge in [-0.25, -0.2) is 14.2 Å². The van der Waals surface area contributed by atoms with Crippen molar-refractivity contribution in [1.29, 1.82) is 0 Å². The Morgan fingerprint density at radius 3 is 2.47 bits per heavy atom. The summed E-state index contributed by atoms with van der Waals surface area (Å²) >= 11 is 0. The van der Waals surface area contributed by atoms with E-state index in [2.05, 4.69) is 4.98 Å². The van der Waals surface area contributed by atoms with Crippen molar-refractivity contribution in [2.75, 3.05) is 7.11 Å². The van der Waals surface area contributed by atoms with Crippen LogP contribution >= 0.6 is 0 Å². The zero-order valence-corrected chi connectivity index (χ0v) is 17.8. The second kappa shape index (κ2) is 6.72. The van der Waals surface area contributed by atoms with Gasteiger partial charge in [0.1, 0.15) is 6.04 Å². The third-order valence-corrected chi connectivity index (χ3v) is 5.66. The molecule has 0 N–H and O–H groups in total. The Hall–Kier alpha value is -3.62. The standard InChI is InChI=1S/C21H23N5O4/c1-11-8-7-9-15(10-11)24-12(2)13(3)25-16-17(22-20(24)25)23(5)21(29)26(18(16)27)14(4)19(28)30-6/h7-10,14H,1-6H3. The second-order valence-electron chi connectivity index (χ2n) is 7.48. The number of carbonyl (C=O) groups excluding carboxylic acids is 1. The maximum atomic E-state index is 13.4. The van der Waals surface area contributed by atoms with Crippen LogP contribution in [0.5, 0.6) is 0 Å². The van der Waals surface area contributed by atoms with Gasteiger partial charge in [0.2, 0.25) is 5.78 Å². The zero-order valence-electron chi connectivity index (χ0n) is 17.8. The molecule has 1 aromatic carbocycles. The molecule has 0 saturated carbocycles. The van der Waals surface area contributed by atoms with Crippen LogP contribution in [0, 0.1) is 20.8 Å². The lowest BCUT2D eigenvalue weighted by Crippen LogP contribution is -2.43. The van der Waals surface area contributed by atoms with E-state index in [0.29, 0.717) is 5.78 Å². The van der Waals surface area contributed by atoms with Crippen LogP contribution in [-0.4, -0.2) is 36.2 Å². The normalized spacial score (nSPS) is 12.6. The molecule has 0 aliphatic heterocycles. The maximum absolute atomic E-state index is 13.4. The average Bonchev–Trinajstić information content (AvgIpc) is 3.21. The topological polar surface area (TPSA) is 92.5 Å². The Morgan fingerprint density at radius 1 is 1.13 bits per heavy atom. The molecule has 1 atom stereocenters. The molecule has 0 amide bonds. The first-order valence-corrected chi connectivity index (χ1v) is 9.55. The second-order valence-corrected chi connectivity index (χ2v) is 7.48. The molecule has 1 unspecified atom stereocenters. The van der Waals surface area contributed by atoms with Crippen molar-refractivity contribution in [2.45, 2.75) is 33.7 Å². The van der Waals surface area contributed by atoms with Crippen molar-refractivity contribution < 1.29 is 9.53 Å². The number of methoxy groups -OCH3 is 1. The number of hydrogen-bond acceptors (Lipinski definition) is 5. The lowest BCUT2D eigenvalue weighted by atomic mass is 10.2. The predicted molar refractivity (Wildman–Crippen MR) is 112 cm³/mol. The minimum atomic E-state index is -1.06. The van der Waals surface area contributed by atoms with Crippen LogP contribution in [0.15, 0.2) is 33.9 Å². The number of aryl methyl sites for hydroxylation is 3. The van der Waals surface area contributed by atoms with Crippen molar-refractivity contribution in [3.8, 4) is 5.69 Å². The van der Waals surface area contributed by atoms with E-state index in [9.17, 15) is 14.4 Å². The SMILES string of the molecule is COC(=O)C(C)n1c(=O)c2c(nc3n(-c4cccc(C)c4)c(C)c(C)n23)n(C)c1=O. The van der Waals surface area contributed by atoms with Crippen molar-refractivity contribution in [3.05, 3.63) is 62.1 Å². The first-order valence-electron chi connectivity index (χ1n) is 9.55. The lowest BCUT2D eigenvalue weighted by Gasteiger charge is -2.13. The number of rotatable bonds is 3. The summed E-state index contributed by atoms with van der Waals surface area (Å²) in [6.45, 7) is 7.32. The van der Waals surface area contributed by atoms with E-state index >= 15 is 0 Å². The number of nitrogens with zero attached hydrogens (tertiary/aromatic N) is 5. The quantitative estimate of drug-likeness (QED) is 0.481. The third kappa shape index (κ3) is 2.54. The van der Waals surface area contributed by atoms with Gasteiger partial charge >= 0.3 is 11.7 Å². The van der Waals surface area contributed by atoms with Crippen LogP contribution in [0.1, 0.15) is 29.9 Å².